The van der Waals surface area contributed by atoms with E-state index in [4.69, 9.17) is 0 Å². The zero-order valence-electron chi connectivity index (χ0n) is 10.0. The first-order chi connectivity index (χ1) is 7.84. The lowest BCUT2D eigenvalue weighted by atomic mass is 9.85. The number of hydrogen-bond donors (Lipinski definition) is 1. The Kier molecular flexibility index (Phi) is 2.86. The van der Waals surface area contributed by atoms with Gasteiger partial charge in [-0.2, -0.15) is 0 Å². The highest BCUT2D eigenvalue weighted by Gasteiger charge is 2.38. The van der Waals surface area contributed by atoms with E-state index >= 15 is 0 Å². The van der Waals surface area contributed by atoms with Gasteiger partial charge < -0.3 is 5.32 Å². The van der Waals surface area contributed by atoms with Gasteiger partial charge in [-0.3, -0.25) is 9.59 Å². The Labute approximate surface area is 109 Å². The molecule has 0 aromatic heterocycles. The minimum absolute atomic E-state index is 0.0241. The van der Waals surface area contributed by atoms with Crippen molar-refractivity contribution < 1.29 is 9.59 Å². The molecular formula is C13H14BrNO2. The van der Waals surface area contributed by atoms with Crippen molar-refractivity contribution in [1.29, 1.82) is 0 Å². The predicted octanol–water partition coefficient (Wildman–Crippen LogP) is 2.88. The zero-order valence-corrected chi connectivity index (χ0v) is 11.6. The van der Waals surface area contributed by atoms with E-state index in [0.717, 1.165) is 11.3 Å². The SMILES string of the molecule is CC(Br)C(=O)c1ccc2c(c1)C(C)(C)C(=O)N2. The minimum atomic E-state index is -0.568. The van der Waals surface area contributed by atoms with Crippen molar-refractivity contribution in [3.63, 3.8) is 0 Å². The van der Waals surface area contributed by atoms with Crippen LogP contribution in [0.3, 0.4) is 0 Å². The molecule has 90 valence electrons. The first-order valence-corrected chi connectivity index (χ1v) is 6.40. The fourth-order valence-corrected chi connectivity index (χ4v) is 2.22. The number of Topliss-reactive ketones (excluding diaryl/α,β-unsaturated/α-hetero) is 1. The Hall–Kier alpha value is -1.16. The molecule has 0 radical (unpaired) electrons. The number of nitrogens with one attached hydrogen (secondary N) is 1. The Morgan fingerprint density at radius 1 is 1.41 bits per heavy atom. The molecule has 1 heterocycles. The first kappa shape index (κ1) is 12.3. The van der Waals surface area contributed by atoms with Crippen LogP contribution in [-0.4, -0.2) is 16.5 Å². The summed E-state index contributed by atoms with van der Waals surface area (Å²) >= 11 is 3.27. The van der Waals surface area contributed by atoms with E-state index < -0.39 is 5.41 Å². The zero-order chi connectivity index (χ0) is 12.8. The average Bonchev–Trinajstić information content (AvgIpc) is 2.49. The number of anilines is 1. The molecule has 1 N–H and O–H groups in total. The Morgan fingerprint density at radius 3 is 2.65 bits per heavy atom. The van der Waals surface area contributed by atoms with E-state index in [1.54, 1.807) is 19.1 Å². The molecule has 3 nitrogen and oxygen atoms in total. The molecule has 0 spiro atoms. The third kappa shape index (κ3) is 1.90. The predicted molar refractivity (Wildman–Crippen MR) is 70.8 cm³/mol. The van der Waals surface area contributed by atoms with Crippen LogP contribution in [0.25, 0.3) is 0 Å². The summed E-state index contributed by atoms with van der Waals surface area (Å²) in [5.41, 5.74) is 1.76. The summed E-state index contributed by atoms with van der Waals surface area (Å²) in [5, 5.41) is 2.82. The van der Waals surface area contributed by atoms with Gasteiger partial charge in [-0.25, -0.2) is 0 Å². The van der Waals surface area contributed by atoms with Crippen LogP contribution >= 0.6 is 15.9 Å². The number of carbonyl (C=O) groups excluding carboxylic acids is 2. The molecule has 1 aromatic rings. The molecule has 2 rings (SSSR count). The lowest BCUT2D eigenvalue weighted by molar-refractivity contribution is -0.119. The van der Waals surface area contributed by atoms with Gasteiger partial charge in [0.15, 0.2) is 5.78 Å². The second-order valence-electron chi connectivity index (χ2n) is 4.82. The molecule has 0 saturated heterocycles. The number of alkyl halides is 1. The quantitative estimate of drug-likeness (QED) is 0.674. The summed E-state index contributed by atoms with van der Waals surface area (Å²) < 4.78 is 0. The van der Waals surface area contributed by atoms with E-state index in [2.05, 4.69) is 21.2 Å². The van der Waals surface area contributed by atoms with Gasteiger partial charge in [0.05, 0.1) is 10.2 Å². The van der Waals surface area contributed by atoms with Gasteiger partial charge in [-0.15, -0.1) is 0 Å². The van der Waals surface area contributed by atoms with E-state index in [1.165, 1.54) is 0 Å². The molecule has 0 bridgehead atoms. The van der Waals surface area contributed by atoms with Gasteiger partial charge in [-0.05, 0) is 44.5 Å². The van der Waals surface area contributed by atoms with Gasteiger partial charge in [0, 0.05) is 11.3 Å². The van der Waals surface area contributed by atoms with E-state index in [1.807, 2.05) is 19.9 Å². The molecule has 1 amide bonds. The number of fused-ring (bicyclic) bond motifs is 1. The topological polar surface area (TPSA) is 46.2 Å². The maximum Gasteiger partial charge on any atom is 0.234 e. The average molecular weight is 296 g/mol. The number of rotatable bonds is 2. The monoisotopic (exact) mass is 295 g/mol. The lowest BCUT2D eigenvalue weighted by Crippen LogP contribution is -2.27. The van der Waals surface area contributed by atoms with Crippen molar-refractivity contribution in [1.82, 2.24) is 0 Å². The second-order valence-corrected chi connectivity index (χ2v) is 6.19. The molecule has 17 heavy (non-hydrogen) atoms. The van der Waals surface area contributed by atoms with Gasteiger partial charge in [-0.1, -0.05) is 15.9 Å². The van der Waals surface area contributed by atoms with Crippen LogP contribution in [0.2, 0.25) is 0 Å². The van der Waals surface area contributed by atoms with Gasteiger partial charge in [0.25, 0.3) is 0 Å². The highest BCUT2D eigenvalue weighted by Crippen LogP contribution is 2.37. The summed E-state index contributed by atoms with van der Waals surface area (Å²) in [7, 11) is 0. The van der Waals surface area contributed by atoms with Gasteiger partial charge >= 0.3 is 0 Å². The Balaban J connectivity index is 2.49. The summed E-state index contributed by atoms with van der Waals surface area (Å²) in [6.45, 7) is 5.52. The van der Waals surface area contributed by atoms with Gasteiger partial charge in [0.2, 0.25) is 5.91 Å². The summed E-state index contributed by atoms with van der Waals surface area (Å²) in [6.07, 6.45) is 0. The standard InChI is InChI=1S/C13H14BrNO2/c1-7(14)11(16)8-4-5-10-9(6-8)13(2,3)12(17)15-10/h4-7H,1-3H3,(H,15,17). The highest BCUT2D eigenvalue weighted by molar-refractivity contribution is 9.10. The van der Waals surface area contributed by atoms with E-state index in [0.29, 0.717) is 5.56 Å². The van der Waals surface area contributed by atoms with Crippen molar-refractivity contribution >= 4 is 33.3 Å². The molecule has 4 heteroatoms. The van der Waals surface area contributed by atoms with Crippen LogP contribution in [0, 0.1) is 0 Å². The van der Waals surface area contributed by atoms with Crippen LogP contribution in [0.4, 0.5) is 5.69 Å². The largest absolute Gasteiger partial charge is 0.325 e. The van der Waals surface area contributed by atoms with Crippen molar-refractivity contribution in [2.45, 2.75) is 31.0 Å². The summed E-state index contributed by atoms with van der Waals surface area (Å²) in [5.74, 6) is 0.00642. The Morgan fingerprint density at radius 2 is 2.06 bits per heavy atom. The molecule has 0 saturated carbocycles. The number of carbonyl (C=O) groups is 2. The first-order valence-electron chi connectivity index (χ1n) is 5.48. The third-order valence-corrected chi connectivity index (χ3v) is 3.57. The van der Waals surface area contributed by atoms with Crippen LogP contribution < -0.4 is 5.32 Å². The number of halogens is 1. The number of benzene rings is 1. The number of ketones is 1. The Bertz CT molecular complexity index is 506. The van der Waals surface area contributed by atoms with E-state index in [-0.39, 0.29) is 16.5 Å². The number of hydrogen-bond acceptors (Lipinski definition) is 2. The van der Waals surface area contributed by atoms with Crippen molar-refractivity contribution in [2.75, 3.05) is 5.32 Å². The van der Waals surface area contributed by atoms with Crippen LogP contribution in [0.1, 0.15) is 36.7 Å². The third-order valence-electron chi connectivity index (χ3n) is 3.15. The molecule has 0 aliphatic carbocycles. The highest BCUT2D eigenvalue weighted by atomic mass is 79.9. The number of amides is 1. The molecule has 1 atom stereocenters. The van der Waals surface area contributed by atoms with Gasteiger partial charge in [0.1, 0.15) is 0 Å². The molecule has 1 aromatic carbocycles. The molecule has 0 fully saturated rings. The van der Waals surface area contributed by atoms with Crippen LogP contribution in [0.5, 0.6) is 0 Å². The summed E-state index contributed by atoms with van der Waals surface area (Å²) in [4.78, 5) is 23.4. The van der Waals surface area contributed by atoms with Crippen LogP contribution in [-0.2, 0) is 10.2 Å². The molecule has 1 unspecified atom stereocenters. The molecule has 1 aliphatic rings. The van der Waals surface area contributed by atoms with Crippen molar-refractivity contribution in [2.24, 2.45) is 0 Å². The fraction of sp³-hybridized carbons (Fsp3) is 0.385. The maximum atomic E-state index is 11.9. The lowest BCUT2D eigenvalue weighted by Gasteiger charge is -2.15. The second kappa shape index (κ2) is 3.95. The maximum absolute atomic E-state index is 11.9. The van der Waals surface area contributed by atoms with Crippen molar-refractivity contribution in [3.05, 3.63) is 29.3 Å². The van der Waals surface area contributed by atoms with Crippen LogP contribution in [0.15, 0.2) is 18.2 Å². The fourth-order valence-electron chi connectivity index (χ4n) is 1.95. The van der Waals surface area contributed by atoms with E-state index in [9.17, 15) is 9.59 Å². The normalized spacial score (nSPS) is 18.5. The summed E-state index contributed by atoms with van der Waals surface area (Å²) in [6, 6.07) is 5.36. The molecule has 1 aliphatic heterocycles. The smallest absolute Gasteiger partial charge is 0.234 e. The molecular weight excluding hydrogens is 282 g/mol. The minimum Gasteiger partial charge on any atom is -0.325 e. The van der Waals surface area contributed by atoms with Crippen molar-refractivity contribution in [3.8, 4) is 0 Å².